The standard InChI is InChI=1S/C9H12Cl2N2/c1-3-13-9-5-7(11)6(10)4-8(9)12-2/h4-5,12-13H,3H2,1-2H3. The minimum absolute atomic E-state index is 0.563. The van der Waals surface area contributed by atoms with Gasteiger partial charge in [0.15, 0.2) is 0 Å². The van der Waals surface area contributed by atoms with E-state index in [1.807, 2.05) is 26.1 Å². The lowest BCUT2D eigenvalue weighted by Gasteiger charge is -2.11. The van der Waals surface area contributed by atoms with E-state index in [4.69, 9.17) is 23.2 Å². The van der Waals surface area contributed by atoms with Crippen LogP contribution in [0.2, 0.25) is 10.0 Å². The fourth-order valence-electron chi connectivity index (χ4n) is 1.09. The van der Waals surface area contributed by atoms with Gasteiger partial charge in [0, 0.05) is 13.6 Å². The smallest absolute Gasteiger partial charge is 0.0614 e. The lowest BCUT2D eigenvalue weighted by molar-refractivity contribution is 1.21. The van der Waals surface area contributed by atoms with Crippen molar-refractivity contribution in [3.8, 4) is 0 Å². The number of hydrogen-bond donors (Lipinski definition) is 2. The second-order valence-corrected chi connectivity index (χ2v) is 3.41. The third kappa shape index (κ3) is 2.42. The first-order valence-corrected chi connectivity index (χ1v) is 4.85. The highest BCUT2D eigenvalue weighted by Crippen LogP contribution is 2.32. The highest BCUT2D eigenvalue weighted by molar-refractivity contribution is 6.42. The molecule has 0 bridgehead atoms. The van der Waals surface area contributed by atoms with E-state index >= 15 is 0 Å². The molecular weight excluding hydrogens is 207 g/mol. The van der Waals surface area contributed by atoms with Gasteiger partial charge in [0.1, 0.15) is 0 Å². The van der Waals surface area contributed by atoms with E-state index in [1.54, 1.807) is 0 Å². The Bertz CT molecular complexity index is 300. The topological polar surface area (TPSA) is 24.1 Å². The Hall–Kier alpha value is -0.600. The Morgan fingerprint density at radius 1 is 1.15 bits per heavy atom. The average Bonchev–Trinajstić information content (AvgIpc) is 2.11. The zero-order valence-electron chi connectivity index (χ0n) is 7.62. The Balaban J connectivity index is 3.09. The van der Waals surface area contributed by atoms with Crippen molar-refractivity contribution < 1.29 is 0 Å². The summed E-state index contributed by atoms with van der Waals surface area (Å²) in [6, 6.07) is 3.63. The summed E-state index contributed by atoms with van der Waals surface area (Å²) in [6.07, 6.45) is 0. The van der Waals surface area contributed by atoms with Gasteiger partial charge in [-0.1, -0.05) is 23.2 Å². The summed E-state index contributed by atoms with van der Waals surface area (Å²) < 4.78 is 0. The summed E-state index contributed by atoms with van der Waals surface area (Å²) in [6.45, 7) is 2.88. The Morgan fingerprint density at radius 3 is 2.15 bits per heavy atom. The Morgan fingerprint density at radius 2 is 1.69 bits per heavy atom. The van der Waals surface area contributed by atoms with Gasteiger partial charge in [0.2, 0.25) is 0 Å². The van der Waals surface area contributed by atoms with E-state index in [0.717, 1.165) is 17.9 Å². The number of benzene rings is 1. The van der Waals surface area contributed by atoms with E-state index in [-0.39, 0.29) is 0 Å². The maximum absolute atomic E-state index is 5.88. The normalized spacial score (nSPS) is 9.85. The first-order valence-electron chi connectivity index (χ1n) is 4.09. The molecule has 0 atom stereocenters. The number of rotatable bonds is 3. The first kappa shape index (κ1) is 10.5. The quantitative estimate of drug-likeness (QED) is 0.813. The minimum atomic E-state index is 0.563. The lowest BCUT2D eigenvalue weighted by Crippen LogP contribution is -2.01. The number of anilines is 2. The fourth-order valence-corrected chi connectivity index (χ4v) is 1.42. The monoisotopic (exact) mass is 218 g/mol. The molecule has 0 saturated heterocycles. The summed E-state index contributed by atoms with van der Waals surface area (Å²) in [4.78, 5) is 0. The summed E-state index contributed by atoms with van der Waals surface area (Å²) in [5.41, 5.74) is 1.93. The molecule has 0 amide bonds. The van der Waals surface area contributed by atoms with Crippen LogP contribution in [0.1, 0.15) is 6.92 Å². The molecule has 1 aromatic carbocycles. The molecule has 2 nitrogen and oxygen atoms in total. The molecule has 0 spiro atoms. The van der Waals surface area contributed by atoms with Crippen LogP contribution in [0.25, 0.3) is 0 Å². The molecule has 4 heteroatoms. The molecule has 0 unspecified atom stereocenters. The van der Waals surface area contributed by atoms with Crippen molar-refractivity contribution in [3.63, 3.8) is 0 Å². The van der Waals surface area contributed by atoms with Gasteiger partial charge < -0.3 is 10.6 Å². The van der Waals surface area contributed by atoms with Crippen molar-refractivity contribution >= 4 is 34.6 Å². The number of hydrogen-bond acceptors (Lipinski definition) is 2. The number of nitrogens with one attached hydrogen (secondary N) is 2. The van der Waals surface area contributed by atoms with E-state index < -0.39 is 0 Å². The highest BCUT2D eigenvalue weighted by atomic mass is 35.5. The van der Waals surface area contributed by atoms with Crippen LogP contribution in [0.4, 0.5) is 11.4 Å². The van der Waals surface area contributed by atoms with E-state index in [0.29, 0.717) is 10.0 Å². The average molecular weight is 219 g/mol. The van der Waals surface area contributed by atoms with Crippen LogP contribution < -0.4 is 10.6 Å². The van der Waals surface area contributed by atoms with Gasteiger partial charge >= 0.3 is 0 Å². The van der Waals surface area contributed by atoms with E-state index in [9.17, 15) is 0 Å². The largest absolute Gasteiger partial charge is 0.386 e. The summed E-state index contributed by atoms with van der Waals surface area (Å²) in [7, 11) is 1.85. The van der Waals surface area contributed by atoms with Crippen LogP contribution in [0, 0.1) is 0 Å². The van der Waals surface area contributed by atoms with Gasteiger partial charge in [-0.3, -0.25) is 0 Å². The highest BCUT2D eigenvalue weighted by Gasteiger charge is 2.04. The first-order chi connectivity index (χ1) is 6.19. The Kier molecular flexibility index (Phi) is 3.70. The number of halogens is 2. The SMILES string of the molecule is CCNc1cc(Cl)c(Cl)cc1NC. The third-order valence-electron chi connectivity index (χ3n) is 1.70. The summed E-state index contributed by atoms with van der Waals surface area (Å²) >= 11 is 11.7. The second-order valence-electron chi connectivity index (χ2n) is 2.59. The van der Waals surface area contributed by atoms with Gasteiger partial charge in [0.05, 0.1) is 21.4 Å². The molecule has 1 rings (SSSR count). The van der Waals surface area contributed by atoms with Crippen LogP contribution >= 0.6 is 23.2 Å². The third-order valence-corrected chi connectivity index (χ3v) is 2.42. The molecule has 0 heterocycles. The van der Waals surface area contributed by atoms with Crippen molar-refractivity contribution in [1.82, 2.24) is 0 Å². The maximum atomic E-state index is 5.88. The molecule has 0 saturated carbocycles. The van der Waals surface area contributed by atoms with Crippen LogP contribution in [-0.4, -0.2) is 13.6 Å². The Labute approximate surface area is 88.2 Å². The van der Waals surface area contributed by atoms with Crippen LogP contribution in [0.15, 0.2) is 12.1 Å². The summed E-state index contributed by atoms with van der Waals surface area (Å²) in [5.74, 6) is 0. The molecule has 0 aliphatic rings. The van der Waals surface area contributed by atoms with Crippen LogP contribution in [0.3, 0.4) is 0 Å². The van der Waals surface area contributed by atoms with Crippen molar-refractivity contribution in [2.24, 2.45) is 0 Å². The molecular formula is C9H12Cl2N2. The van der Waals surface area contributed by atoms with Crippen molar-refractivity contribution in [1.29, 1.82) is 0 Å². The van der Waals surface area contributed by atoms with Gasteiger partial charge in [-0.15, -0.1) is 0 Å². The predicted molar refractivity (Wildman–Crippen MR) is 60.2 cm³/mol. The van der Waals surface area contributed by atoms with Gasteiger partial charge in [-0.05, 0) is 19.1 Å². The molecule has 0 aliphatic heterocycles. The van der Waals surface area contributed by atoms with E-state index in [2.05, 4.69) is 10.6 Å². The molecule has 72 valence electrons. The van der Waals surface area contributed by atoms with Crippen molar-refractivity contribution in [3.05, 3.63) is 22.2 Å². The predicted octanol–water partition coefficient (Wildman–Crippen LogP) is 3.47. The fraction of sp³-hybridized carbons (Fsp3) is 0.333. The van der Waals surface area contributed by atoms with E-state index in [1.165, 1.54) is 0 Å². The van der Waals surface area contributed by atoms with Gasteiger partial charge in [-0.2, -0.15) is 0 Å². The van der Waals surface area contributed by atoms with Crippen LogP contribution in [-0.2, 0) is 0 Å². The lowest BCUT2D eigenvalue weighted by atomic mass is 10.2. The molecule has 0 aliphatic carbocycles. The van der Waals surface area contributed by atoms with Crippen LogP contribution in [0.5, 0.6) is 0 Å². The second kappa shape index (κ2) is 4.58. The molecule has 0 fully saturated rings. The van der Waals surface area contributed by atoms with Crippen molar-refractivity contribution in [2.45, 2.75) is 6.92 Å². The molecule has 0 aromatic heterocycles. The zero-order chi connectivity index (χ0) is 9.84. The van der Waals surface area contributed by atoms with Crippen molar-refractivity contribution in [2.75, 3.05) is 24.2 Å². The molecule has 1 aromatic rings. The van der Waals surface area contributed by atoms with Gasteiger partial charge in [0.25, 0.3) is 0 Å². The summed E-state index contributed by atoms with van der Waals surface area (Å²) in [5, 5.41) is 7.36. The zero-order valence-corrected chi connectivity index (χ0v) is 9.13. The molecule has 2 N–H and O–H groups in total. The minimum Gasteiger partial charge on any atom is -0.386 e. The van der Waals surface area contributed by atoms with Gasteiger partial charge in [-0.25, -0.2) is 0 Å². The maximum Gasteiger partial charge on any atom is 0.0614 e. The molecule has 0 radical (unpaired) electrons. The molecule has 13 heavy (non-hydrogen) atoms.